The lowest BCUT2D eigenvalue weighted by Gasteiger charge is -2.32. The minimum atomic E-state index is -0.184. The van der Waals surface area contributed by atoms with E-state index in [4.69, 9.17) is 13.9 Å². The Morgan fingerprint density at radius 2 is 2.35 bits per heavy atom. The number of benzene rings is 1. The molecule has 0 saturated carbocycles. The highest BCUT2D eigenvalue weighted by molar-refractivity contribution is 7.07. The summed E-state index contributed by atoms with van der Waals surface area (Å²) in [5.41, 5.74) is 4.08. The average molecular weight is 372 g/mol. The van der Waals surface area contributed by atoms with Gasteiger partial charge in [0.1, 0.15) is 11.3 Å². The van der Waals surface area contributed by atoms with Crippen molar-refractivity contribution in [3.8, 4) is 0 Å². The largest absolute Gasteiger partial charge is 0.461 e. The highest BCUT2D eigenvalue weighted by Gasteiger charge is 2.28. The second-order valence-corrected chi connectivity index (χ2v) is 7.10. The minimum Gasteiger partial charge on any atom is -0.461 e. The molecule has 6 nitrogen and oxygen atoms in total. The lowest BCUT2D eigenvalue weighted by atomic mass is 10.1. The smallest absolute Gasteiger partial charge is 0.251 e. The van der Waals surface area contributed by atoms with Gasteiger partial charge in [-0.2, -0.15) is 0 Å². The fourth-order valence-corrected chi connectivity index (χ4v) is 3.67. The summed E-state index contributed by atoms with van der Waals surface area (Å²) < 4.78 is 17.1. The molecular formula is C19H20N2O4S. The number of carbonyl (C=O) groups is 1. The van der Waals surface area contributed by atoms with E-state index in [2.05, 4.69) is 10.3 Å². The molecule has 26 heavy (non-hydrogen) atoms. The molecule has 0 spiro atoms. The summed E-state index contributed by atoms with van der Waals surface area (Å²) in [6.45, 7) is 3.42. The summed E-state index contributed by atoms with van der Waals surface area (Å²) in [5.74, 6) is 0.692. The van der Waals surface area contributed by atoms with Crippen LogP contribution in [-0.2, 0) is 16.1 Å². The number of hydrogen-bond donors (Lipinski definition) is 1. The zero-order valence-electron chi connectivity index (χ0n) is 14.4. The van der Waals surface area contributed by atoms with Crippen LogP contribution in [-0.4, -0.2) is 36.3 Å². The molecule has 3 heterocycles. The lowest BCUT2D eigenvalue weighted by molar-refractivity contribution is -0.0611. The van der Waals surface area contributed by atoms with Gasteiger partial charge in [-0.25, -0.2) is 4.98 Å². The quantitative estimate of drug-likeness (QED) is 0.744. The first-order valence-corrected chi connectivity index (χ1v) is 9.51. The predicted molar refractivity (Wildman–Crippen MR) is 98.3 cm³/mol. The van der Waals surface area contributed by atoms with Gasteiger partial charge < -0.3 is 19.2 Å². The summed E-state index contributed by atoms with van der Waals surface area (Å²) in [4.78, 5) is 16.9. The van der Waals surface area contributed by atoms with E-state index in [-0.39, 0.29) is 18.1 Å². The molecule has 2 atom stereocenters. The monoisotopic (exact) mass is 372 g/mol. The van der Waals surface area contributed by atoms with Crippen molar-refractivity contribution < 1.29 is 18.7 Å². The summed E-state index contributed by atoms with van der Waals surface area (Å²) in [6, 6.07) is 7.18. The molecule has 0 unspecified atom stereocenters. The molecule has 1 N–H and O–H groups in total. The van der Waals surface area contributed by atoms with Crippen molar-refractivity contribution in [1.29, 1.82) is 0 Å². The number of thiazole rings is 1. The number of rotatable bonds is 5. The maximum Gasteiger partial charge on any atom is 0.251 e. The first-order chi connectivity index (χ1) is 12.7. The summed E-state index contributed by atoms with van der Waals surface area (Å²) in [6.07, 6.45) is 0.656. The van der Waals surface area contributed by atoms with E-state index in [0.29, 0.717) is 25.4 Å². The fraction of sp³-hybridized carbons (Fsp3) is 0.368. The van der Waals surface area contributed by atoms with Crippen LogP contribution >= 0.6 is 11.3 Å². The number of nitrogens with zero attached hydrogens (tertiary/aromatic N) is 1. The molecule has 1 aliphatic rings. The van der Waals surface area contributed by atoms with E-state index >= 15 is 0 Å². The number of amides is 1. The number of ether oxygens (including phenoxy) is 2. The van der Waals surface area contributed by atoms with E-state index in [0.717, 1.165) is 28.8 Å². The molecular weight excluding hydrogens is 352 g/mol. The third-order valence-corrected chi connectivity index (χ3v) is 5.08. The van der Waals surface area contributed by atoms with Gasteiger partial charge in [-0.3, -0.25) is 4.79 Å². The van der Waals surface area contributed by atoms with E-state index < -0.39 is 0 Å². The van der Waals surface area contributed by atoms with E-state index in [9.17, 15) is 4.79 Å². The Labute approximate surface area is 155 Å². The Hall–Kier alpha value is -2.22. The minimum absolute atomic E-state index is 0.0886. The number of carbonyl (C=O) groups excluding carboxylic acids is 1. The fourth-order valence-electron chi connectivity index (χ4n) is 3.12. The van der Waals surface area contributed by atoms with E-state index in [1.807, 2.05) is 30.5 Å². The van der Waals surface area contributed by atoms with Crippen LogP contribution in [0.5, 0.6) is 0 Å². The van der Waals surface area contributed by atoms with Crippen LogP contribution in [0.2, 0.25) is 0 Å². The molecule has 0 radical (unpaired) electrons. The Kier molecular flexibility index (Phi) is 5.01. The first kappa shape index (κ1) is 17.2. The summed E-state index contributed by atoms with van der Waals surface area (Å²) in [5, 5.41) is 5.94. The zero-order valence-corrected chi connectivity index (χ0v) is 15.3. The molecule has 0 aliphatic carbocycles. The summed E-state index contributed by atoms with van der Waals surface area (Å²) in [7, 11) is 0. The van der Waals surface area contributed by atoms with Crippen LogP contribution < -0.4 is 5.32 Å². The van der Waals surface area contributed by atoms with Crippen molar-refractivity contribution in [3.05, 3.63) is 52.2 Å². The molecule has 1 amide bonds. The molecule has 1 aromatic carbocycles. The average Bonchev–Trinajstić information content (AvgIpc) is 3.28. The first-order valence-electron chi connectivity index (χ1n) is 8.56. The van der Waals surface area contributed by atoms with Gasteiger partial charge >= 0.3 is 0 Å². The standard InChI is InChI=1S/C19H20N2O4S/c1-12-6-14-7-13(2-3-17(14)25-12)19(22)21-16-9-23-5-4-18(16)24-8-15-10-26-11-20-15/h2-3,6-7,10-11,16,18H,4-5,8-9H2,1H3,(H,21,22)/t16-,18+/m1/s1. The zero-order chi connectivity index (χ0) is 17.9. The third kappa shape index (κ3) is 3.80. The molecule has 0 bridgehead atoms. The van der Waals surface area contributed by atoms with E-state index in [1.165, 1.54) is 0 Å². The van der Waals surface area contributed by atoms with Crippen molar-refractivity contribution in [1.82, 2.24) is 10.3 Å². The normalized spacial score (nSPS) is 20.3. The van der Waals surface area contributed by atoms with Crippen molar-refractivity contribution in [3.63, 3.8) is 0 Å². The second-order valence-electron chi connectivity index (χ2n) is 6.38. The predicted octanol–water partition coefficient (Wildman–Crippen LogP) is 3.30. The van der Waals surface area contributed by atoms with Crippen molar-refractivity contribution >= 4 is 28.2 Å². The highest BCUT2D eigenvalue weighted by Crippen LogP contribution is 2.21. The molecule has 1 aliphatic heterocycles. The highest BCUT2D eigenvalue weighted by atomic mass is 32.1. The SMILES string of the molecule is Cc1cc2cc(C(=O)N[C@@H]3COCC[C@@H]3OCc3cscn3)ccc2o1. The van der Waals surface area contributed by atoms with Gasteiger partial charge in [-0.1, -0.05) is 0 Å². The van der Waals surface area contributed by atoms with E-state index in [1.54, 1.807) is 22.9 Å². The Balaban J connectivity index is 1.43. The van der Waals surface area contributed by atoms with Crippen LogP contribution in [0.15, 0.2) is 39.6 Å². The molecule has 2 aromatic heterocycles. The number of aryl methyl sites for hydroxylation is 1. The lowest BCUT2D eigenvalue weighted by Crippen LogP contribution is -2.50. The molecule has 3 aromatic rings. The van der Waals surface area contributed by atoms with Crippen molar-refractivity contribution in [2.45, 2.75) is 32.1 Å². The molecule has 4 rings (SSSR count). The van der Waals surface area contributed by atoms with Gasteiger partial charge in [0.2, 0.25) is 0 Å². The molecule has 1 saturated heterocycles. The topological polar surface area (TPSA) is 73.6 Å². The summed E-state index contributed by atoms with van der Waals surface area (Å²) >= 11 is 1.54. The molecule has 136 valence electrons. The van der Waals surface area contributed by atoms with Crippen LogP contribution in [0.3, 0.4) is 0 Å². The Bertz CT molecular complexity index is 890. The number of furan rings is 1. The maximum absolute atomic E-state index is 12.7. The Morgan fingerprint density at radius 3 is 3.19 bits per heavy atom. The van der Waals surface area contributed by atoms with Gasteiger partial charge in [-0.05, 0) is 37.6 Å². The third-order valence-electron chi connectivity index (χ3n) is 4.44. The van der Waals surface area contributed by atoms with Gasteiger partial charge in [0.25, 0.3) is 5.91 Å². The van der Waals surface area contributed by atoms with Gasteiger partial charge in [0, 0.05) is 22.9 Å². The van der Waals surface area contributed by atoms with Crippen LogP contribution in [0.1, 0.15) is 28.2 Å². The van der Waals surface area contributed by atoms with Crippen molar-refractivity contribution in [2.24, 2.45) is 0 Å². The molecule has 1 fully saturated rings. The van der Waals surface area contributed by atoms with Crippen molar-refractivity contribution in [2.75, 3.05) is 13.2 Å². The Morgan fingerprint density at radius 1 is 1.42 bits per heavy atom. The molecule has 7 heteroatoms. The second kappa shape index (κ2) is 7.57. The maximum atomic E-state index is 12.7. The van der Waals surface area contributed by atoms with Crippen LogP contribution in [0.4, 0.5) is 0 Å². The number of aromatic nitrogens is 1. The number of hydrogen-bond acceptors (Lipinski definition) is 6. The number of fused-ring (bicyclic) bond motifs is 1. The van der Waals surface area contributed by atoms with Crippen LogP contribution in [0.25, 0.3) is 11.0 Å². The van der Waals surface area contributed by atoms with Crippen LogP contribution in [0, 0.1) is 6.92 Å². The van der Waals surface area contributed by atoms with Gasteiger partial charge in [-0.15, -0.1) is 11.3 Å². The van der Waals surface area contributed by atoms with Gasteiger partial charge in [0.15, 0.2) is 0 Å². The number of nitrogens with one attached hydrogen (secondary N) is 1. The van der Waals surface area contributed by atoms with Gasteiger partial charge in [0.05, 0.1) is 36.6 Å².